The summed E-state index contributed by atoms with van der Waals surface area (Å²) < 4.78 is 39.1. The number of carbonyl (C=O) groups is 1. The van der Waals surface area contributed by atoms with Crippen LogP contribution in [0.1, 0.15) is 18.4 Å². The third-order valence-electron chi connectivity index (χ3n) is 3.13. The van der Waals surface area contributed by atoms with Gasteiger partial charge in [0.15, 0.2) is 0 Å². The van der Waals surface area contributed by atoms with Crippen LogP contribution in [0.25, 0.3) is 0 Å². The third-order valence-corrected chi connectivity index (χ3v) is 3.56. The van der Waals surface area contributed by atoms with Gasteiger partial charge in [0, 0.05) is 36.7 Å². The summed E-state index contributed by atoms with van der Waals surface area (Å²) in [6, 6.07) is 0.764. The summed E-state index contributed by atoms with van der Waals surface area (Å²) in [4.78, 5) is 16.7. The van der Waals surface area contributed by atoms with E-state index >= 15 is 0 Å². The molecular formula is C12H13BrF3N3O. The minimum Gasteiger partial charge on any atom is -0.365 e. The smallest absolute Gasteiger partial charge is 0.365 e. The molecule has 1 atom stereocenters. The molecule has 4 nitrogen and oxygen atoms in total. The summed E-state index contributed by atoms with van der Waals surface area (Å²) in [7, 11) is 1.63. The second-order valence-corrected chi connectivity index (χ2v) is 5.62. The molecule has 2 rings (SSSR count). The van der Waals surface area contributed by atoms with Crippen molar-refractivity contribution in [3.05, 3.63) is 22.3 Å². The average Bonchev–Trinajstić information content (AvgIpc) is 2.35. The minimum atomic E-state index is -4.48. The topological polar surface area (TPSA) is 45.2 Å². The summed E-state index contributed by atoms with van der Waals surface area (Å²) in [6.45, 7) is 0.369. The molecule has 1 fully saturated rings. The Morgan fingerprint density at radius 2 is 2.20 bits per heavy atom. The molecule has 8 heteroatoms. The zero-order valence-corrected chi connectivity index (χ0v) is 12.3. The quantitative estimate of drug-likeness (QED) is 0.890. The molecule has 1 N–H and O–H groups in total. The Kier molecular flexibility index (Phi) is 4.22. The SMILES string of the molecule is CN1CC(Nc2ncc(Br)cc2C(F)(F)F)CCC1=O. The monoisotopic (exact) mass is 351 g/mol. The van der Waals surface area contributed by atoms with Crippen LogP contribution in [0.3, 0.4) is 0 Å². The maximum absolute atomic E-state index is 13.0. The molecule has 110 valence electrons. The number of aromatic nitrogens is 1. The first-order chi connectivity index (χ1) is 9.27. The van der Waals surface area contributed by atoms with Gasteiger partial charge in [-0.1, -0.05) is 0 Å². The molecule has 0 bridgehead atoms. The molecule has 1 aromatic rings. The van der Waals surface area contributed by atoms with E-state index in [1.165, 1.54) is 11.1 Å². The highest BCUT2D eigenvalue weighted by molar-refractivity contribution is 9.10. The largest absolute Gasteiger partial charge is 0.419 e. The van der Waals surface area contributed by atoms with Crippen LogP contribution >= 0.6 is 15.9 Å². The number of nitrogens with one attached hydrogen (secondary N) is 1. The van der Waals surface area contributed by atoms with E-state index in [4.69, 9.17) is 0 Å². The molecule has 1 aromatic heterocycles. The number of likely N-dealkylation sites (N-methyl/N-ethyl adjacent to an activating group) is 1. The molecule has 20 heavy (non-hydrogen) atoms. The maximum Gasteiger partial charge on any atom is 0.419 e. The van der Waals surface area contributed by atoms with Crippen molar-refractivity contribution in [2.45, 2.75) is 25.1 Å². The van der Waals surface area contributed by atoms with Gasteiger partial charge in [-0.3, -0.25) is 4.79 Å². The van der Waals surface area contributed by atoms with Gasteiger partial charge in [0.25, 0.3) is 0 Å². The van der Waals surface area contributed by atoms with E-state index in [1.807, 2.05) is 0 Å². The number of pyridine rings is 1. The van der Waals surface area contributed by atoms with E-state index in [1.54, 1.807) is 7.05 Å². The van der Waals surface area contributed by atoms with Crippen molar-refractivity contribution < 1.29 is 18.0 Å². The Morgan fingerprint density at radius 1 is 1.50 bits per heavy atom. The number of amides is 1. The van der Waals surface area contributed by atoms with Crippen LogP contribution in [0.2, 0.25) is 0 Å². The van der Waals surface area contributed by atoms with Gasteiger partial charge >= 0.3 is 6.18 Å². The van der Waals surface area contributed by atoms with Crippen LogP contribution in [-0.2, 0) is 11.0 Å². The number of anilines is 1. The maximum atomic E-state index is 13.0. The molecule has 1 aliphatic rings. The van der Waals surface area contributed by atoms with Crippen LogP contribution in [0, 0.1) is 0 Å². The minimum absolute atomic E-state index is 0.00265. The Bertz CT molecular complexity index is 521. The lowest BCUT2D eigenvalue weighted by atomic mass is 10.1. The number of halogens is 4. The van der Waals surface area contributed by atoms with Crippen molar-refractivity contribution in [3.63, 3.8) is 0 Å². The van der Waals surface area contributed by atoms with E-state index in [9.17, 15) is 18.0 Å². The highest BCUT2D eigenvalue weighted by Gasteiger charge is 2.35. The van der Waals surface area contributed by atoms with Crippen LogP contribution in [0.15, 0.2) is 16.7 Å². The number of piperidine rings is 1. The second kappa shape index (κ2) is 5.59. The van der Waals surface area contributed by atoms with Crippen LogP contribution in [-0.4, -0.2) is 35.4 Å². The fourth-order valence-electron chi connectivity index (χ4n) is 2.09. The predicted octanol–water partition coefficient (Wildman–Crippen LogP) is 2.90. The summed E-state index contributed by atoms with van der Waals surface area (Å²) >= 11 is 2.99. The van der Waals surface area contributed by atoms with Gasteiger partial charge in [-0.15, -0.1) is 0 Å². The summed E-state index contributed by atoms with van der Waals surface area (Å²) in [5.74, 6) is -0.198. The van der Waals surface area contributed by atoms with E-state index in [-0.39, 0.29) is 22.2 Å². The molecule has 0 saturated carbocycles. The molecule has 0 aromatic carbocycles. The molecule has 0 spiro atoms. The number of hydrogen-bond acceptors (Lipinski definition) is 3. The van der Waals surface area contributed by atoms with E-state index < -0.39 is 11.7 Å². The molecule has 1 amide bonds. The first-order valence-corrected chi connectivity index (χ1v) is 6.80. The predicted molar refractivity (Wildman–Crippen MR) is 71.2 cm³/mol. The second-order valence-electron chi connectivity index (χ2n) is 4.70. The molecule has 1 aliphatic heterocycles. The third kappa shape index (κ3) is 3.41. The number of nitrogens with zero attached hydrogens (tertiary/aromatic N) is 2. The van der Waals surface area contributed by atoms with Gasteiger partial charge in [-0.2, -0.15) is 13.2 Å². The Morgan fingerprint density at radius 3 is 2.80 bits per heavy atom. The molecule has 0 aliphatic carbocycles. The number of hydrogen-bond donors (Lipinski definition) is 1. The van der Waals surface area contributed by atoms with Crippen molar-refractivity contribution in [3.8, 4) is 0 Å². The van der Waals surface area contributed by atoms with Gasteiger partial charge in [0.05, 0.1) is 5.56 Å². The van der Waals surface area contributed by atoms with Crippen LogP contribution in [0.4, 0.5) is 19.0 Å². The molecule has 2 heterocycles. The van der Waals surface area contributed by atoms with E-state index in [0.717, 1.165) is 6.07 Å². The lowest BCUT2D eigenvalue weighted by Crippen LogP contribution is -2.43. The summed E-state index contributed by atoms with van der Waals surface area (Å²) in [5.41, 5.74) is -0.813. The van der Waals surface area contributed by atoms with Gasteiger partial charge in [0.2, 0.25) is 5.91 Å². The Labute approximate surface area is 122 Å². The Balaban J connectivity index is 2.19. The van der Waals surface area contributed by atoms with Gasteiger partial charge in [-0.05, 0) is 28.4 Å². The number of rotatable bonds is 2. The van der Waals surface area contributed by atoms with Gasteiger partial charge < -0.3 is 10.2 Å². The Hall–Kier alpha value is -1.31. The van der Waals surface area contributed by atoms with Crippen molar-refractivity contribution in [1.82, 2.24) is 9.88 Å². The number of carbonyl (C=O) groups excluding carboxylic acids is 1. The van der Waals surface area contributed by atoms with Crippen LogP contribution in [0.5, 0.6) is 0 Å². The van der Waals surface area contributed by atoms with Crippen molar-refractivity contribution >= 4 is 27.7 Å². The van der Waals surface area contributed by atoms with E-state index in [0.29, 0.717) is 19.4 Å². The molecular weight excluding hydrogens is 339 g/mol. The lowest BCUT2D eigenvalue weighted by molar-refractivity contribution is -0.137. The fraction of sp³-hybridized carbons (Fsp3) is 0.500. The van der Waals surface area contributed by atoms with E-state index in [2.05, 4.69) is 26.2 Å². The molecule has 1 saturated heterocycles. The van der Waals surface area contributed by atoms with Crippen LogP contribution < -0.4 is 5.32 Å². The lowest BCUT2D eigenvalue weighted by Gasteiger charge is -2.31. The standard InChI is InChI=1S/C12H13BrF3N3O/c1-19-6-8(2-3-10(19)20)18-11-9(12(14,15)16)4-7(13)5-17-11/h4-5,8H,2-3,6H2,1H3,(H,17,18). The number of alkyl halides is 3. The van der Waals surface area contributed by atoms with Crippen molar-refractivity contribution in [2.75, 3.05) is 18.9 Å². The highest BCUT2D eigenvalue weighted by atomic mass is 79.9. The molecule has 1 unspecified atom stereocenters. The summed E-state index contributed by atoms with van der Waals surface area (Å²) in [5, 5.41) is 2.79. The molecule has 0 radical (unpaired) electrons. The number of likely N-dealkylation sites (tertiary alicyclic amines) is 1. The zero-order chi connectivity index (χ0) is 14.9. The average molecular weight is 352 g/mol. The van der Waals surface area contributed by atoms with Gasteiger partial charge in [-0.25, -0.2) is 4.98 Å². The van der Waals surface area contributed by atoms with Crippen molar-refractivity contribution in [2.24, 2.45) is 0 Å². The van der Waals surface area contributed by atoms with Gasteiger partial charge in [0.1, 0.15) is 5.82 Å². The first kappa shape index (κ1) is 15.1. The zero-order valence-electron chi connectivity index (χ0n) is 10.7. The normalized spacial score (nSPS) is 20.1. The first-order valence-electron chi connectivity index (χ1n) is 6.00. The highest BCUT2D eigenvalue weighted by Crippen LogP contribution is 2.35. The summed E-state index contributed by atoms with van der Waals surface area (Å²) in [6.07, 6.45) is -2.34. The fourth-order valence-corrected chi connectivity index (χ4v) is 2.43. The van der Waals surface area contributed by atoms with Crippen molar-refractivity contribution in [1.29, 1.82) is 0 Å².